The van der Waals surface area contributed by atoms with Gasteiger partial charge in [-0.15, -0.1) is 0 Å². The maximum Gasteiger partial charge on any atom is -0.00389 e. The molecule has 0 spiro atoms. The molecule has 0 radical (unpaired) electrons. The van der Waals surface area contributed by atoms with E-state index in [1.165, 1.54) is 25.7 Å². The van der Waals surface area contributed by atoms with Crippen LogP contribution in [0.15, 0.2) is 24.3 Å². The zero-order valence-electron chi connectivity index (χ0n) is 16.3. The highest BCUT2D eigenvalue weighted by atomic mass is 14.6. The average molecular weight is 303 g/mol. The summed E-state index contributed by atoms with van der Waals surface area (Å²) in [5, 5.41) is 0. The Balaban J connectivity index is 0.000000561. The molecule has 3 unspecified atom stereocenters. The number of fused-ring (bicyclic) bond motifs is 3. The lowest BCUT2D eigenvalue weighted by molar-refractivity contribution is -0.00594. The SMILES string of the molecule is CC.CC.CC1CCC2(C)c3ccccc3CCC2C1(C)C. The Morgan fingerprint density at radius 2 is 1.50 bits per heavy atom. The molecule has 126 valence electrons. The fraction of sp³-hybridized carbons (Fsp3) is 0.727. The van der Waals surface area contributed by atoms with Gasteiger partial charge in [0.25, 0.3) is 0 Å². The van der Waals surface area contributed by atoms with Gasteiger partial charge >= 0.3 is 0 Å². The van der Waals surface area contributed by atoms with Crippen molar-refractivity contribution in [3.63, 3.8) is 0 Å². The van der Waals surface area contributed by atoms with Crippen molar-refractivity contribution in [1.82, 2.24) is 0 Å². The van der Waals surface area contributed by atoms with E-state index in [9.17, 15) is 0 Å². The van der Waals surface area contributed by atoms with Crippen LogP contribution in [-0.2, 0) is 11.8 Å². The molecule has 0 bridgehead atoms. The van der Waals surface area contributed by atoms with Gasteiger partial charge in [-0.2, -0.15) is 0 Å². The molecule has 0 heterocycles. The van der Waals surface area contributed by atoms with Gasteiger partial charge in [-0.3, -0.25) is 0 Å². The van der Waals surface area contributed by atoms with Crippen molar-refractivity contribution in [1.29, 1.82) is 0 Å². The van der Waals surface area contributed by atoms with Crippen LogP contribution in [0, 0.1) is 17.3 Å². The van der Waals surface area contributed by atoms with Crippen molar-refractivity contribution in [2.45, 2.75) is 86.5 Å². The molecule has 1 aromatic rings. The third kappa shape index (κ3) is 3.12. The summed E-state index contributed by atoms with van der Waals surface area (Å²) in [5.74, 6) is 1.71. The maximum atomic E-state index is 2.53. The van der Waals surface area contributed by atoms with E-state index in [0.29, 0.717) is 10.8 Å². The maximum absolute atomic E-state index is 2.53. The standard InChI is InChI=1S/C18H26.2C2H6/c1-13-11-12-18(4)15-8-6-5-7-14(15)9-10-16(18)17(13,2)3;2*1-2/h5-8,13,16H,9-12H2,1-4H3;2*1-2H3. The second kappa shape index (κ2) is 7.66. The molecular weight excluding hydrogens is 264 g/mol. The van der Waals surface area contributed by atoms with E-state index in [1.807, 2.05) is 27.7 Å². The molecule has 1 fully saturated rings. The minimum Gasteiger partial charge on any atom is -0.0683 e. The monoisotopic (exact) mass is 302 g/mol. The highest BCUT2D eigenvalue weighted by molar-refractivity contribution is 5.38. The Morgan fingerprint density at radius 1 is 0.909 bits per heavy atom. The first-order chi connectivity index (χ1) is 10.5. The smallest absolute Gasteiger partial charge is 0.00389 e. The topological polar surface area (TPSA) is 0 Å². The fourth-order valence-corrected chi connectivity index (χ4v) is 4.84. The molecule has 0 aromatic heterocycles. The third-order valence-electron chi connectivity index (χ3n) is 6.37. The van der Waals surface area contributed by atoms with Crippen LogP contribution in [0.4, 0.5) is 0 Å². The van der Waals surface area contributed by atoms with Gasteiger partial charge in [0.1, 0.15) is 0 Å². The molecule has 0 amide bonds. The number of rotatable bonds is 0. The molecule has 3 rings (SSSR count). The van der Waals surface area contributed by atoms with Gasteiger partial charge in [-0.25, -0.2) is 0 Å². The zero-order valence-corrected chi connectivity index (χ0v) is 16.3. The average Bonchev–Trinajstić information content (AvgIpc) is 2.55. The van der Waals surface area contributed by atoms with Gasteiger partial charge in [0.15, 0.2) is 0 Å². The Hall–Kier alpha value is -0.780. The lowest BCUT2D eigenvalue weighted by Gasteiger charge is -2.57. The van der Waals surface area contributed by atoms with Gasteiger partial charge in [0, 0.05) is 0 Å². The molecule has 0 saturated heterocycles. The van der Waals surface area contributed by atoms with Crippen LogP contribution in [0.25, 0.3) is 0 Å². The Bertz CT molecular complexity index is 457. The highest BCUT2D eigenvalue weighted by Gasteiger charge is 2.52. The molecule has 0 aliphatic heterocycles. The lowest BCUT2D eigenvalue weighted by atomic mass is 9.48. The normalized spacial score (nSPS) is 31.5. The van der Waals surface area contributed by atoms with Crippen LogP contribution in [-0.4, -0.2) is 0 Å². The third-order valence-corrected chi connectivity index (χ3v) is 6.37. The molecule has 0 heteroatoms. The van der Waals surface area contributed by atoms with Crippen molar-refractivity contribution < 1.29 is 0 Å². The van der Waals surface area contributed by atoms with Crippen molar-refractivity contribution >= 4 is 0 Å². The second-order valence-corrected chi connectivity index (χ2v) is 7.43. The Kier molecular flexibility index (Phi) is 6.71. The first-order valence-corrected chi connectivity index (χ1v) is 9.54. The number of hydrogen-bond donors (Lipinski definition) is 0. The van der Waals surface area contributed by atoms with E-state index in [1.54, 1.807) is 11.1 Å². The molecule has 3 atom stereocenters. The summed E-state index contributed by atoms with van der Waals surface area (Å²) < 4.78 is 0. The van der Waals surface area contributed by atoms with Crippen LogP contribution in [0.3, 0.4) is 0 Å². The van der Waals surface area contributed by atoms with E-state index < -0.39 is 0 Å². The van der Waals surface area contributed by atoms with Crippen LogP contribution < -0.4 is 0 Å². The molecule has 1 aromatic carbocycles. The van der Waals surface area contributed by atoms with E-state index in [-0.39, 0.29) is 0 Å². The van der Waals surface area contributed by atoms with Gasteiger partial charge in [-0.05, 0) is 59.5 Å². The van der Waals surface area contributed by atoms with E-state index in [2.05, 4.69) is 52.0 Å². The second-order valence-electron chi connectivity index (χ2n) is 7.43. The first-order valence-electron chi connectivity index (χ1n) is 9.54. The van der Waals surface area contributed by atoms with Crippen LogP contribution in [0.2, 0.25) is 0 Å². The summed E-state index contributed by atoms with van der Waals surface area (Å²) in [6.07, 6.45) is 5.42. The van der Waals surface area contributed by atoms with E-state index >= 15 is 0 Å². The fourth-order valence-electron chi connectivity index (χ4n) is 4.84. The molecule has 2 aliphatic carbocycles. The predicted octanol–water partition coefficient (Wildman–Crippen LogP) is 7.02. The summed E-state index contributed by atoms with van der Waals surface area (Å²) in [6.45, 7) is 18.0. The minimum absolute atomic E-state index is 0.421. The Morgan fingerprint density at radius 3 is 2.14 bits per heavy atom. The van der Waals surface area contributed by atoms with Gasteiger partial charge in [0.2, 0.25) is 0 Å². The van der Waals surface area contributed by atoms with Gasteiger partial charge < -0.3 is 0 Å². The molecule has 2 aliphatic rings. The van der Waals surface area contributed by atoms with E-state index in [4.69, 9.17) is 0 Å². The van der Waals surface area contributed by atoms with Gasteiger partial charge in [-0.1, -0.05) is 79.7 Å². The van der Waals surface area contributed by atoms with E-state index in [0.717, 1.165) is 11.8 Å². The van der Waals surface area contributed by atoms with Crippen molar-refractivity contribution in [3.8, 4) is 0 Å². The summed E-state index contributed by atoms with van der Waals surface area (Å²) in [4.78, 5) is 0. The van der Waals surface area contributed by atoms with Gasteiger partial charge in [0.05, 0.1) is 0 Å². The quantitative estimate of drug-likeness (QED) is 0.483. The van der Waals surface area contributed by atoms with Crippen molar-refractivity contribution in [3.05, 3.63) is 35.4 Å². The minimum atomic E-state index is 0.421. The molecule has 22 heavy (non-hydrogen) atoms. The van der Waals surface area contributed by atoms with Crippen LogP contribution >= 0.6 is 0 Å². The van der Waals surface area contributed by atoms with Crippen molar-refractivity contribution in [2.24, 2.45) is 17.3 Å². The Labute approximate surface area is 139 Å². The highest BCUT2D eigenvalue weighted by Crippen LogP contribution is 2.58. The molecule has 0 nitrogen and oxygen atoms in total. The number of hydrogen-bond acceptors (Lipinski definition) is 0. The largest absolute Gasteiger partial charge is 0.0683 e. The molecule has 0 N–H and O–H groups in total. The first kappa shape index (κ1) is 19.3. The van der Waals surface area contributed by atoms with Crippen molar-refractivity contribution in [2.75, 3.05) is 0 Å². The molecular formula is C22H38. The lowest BCUT2D eigenvalue weighted by Crippen LogP contribution is -2.51. The van der Waals surface area contributed by atoms with Crippen LogP contribution in [0.5, 0.6) is 0 Å². The number of benzene rings is 1. The summed E-state index contributed by atoms with van der Waals surface area (Å²) in [6, 6.07) is 9.19. The summed E-state index contributed by atoms with van der Waals surface area (Å²) in [5.41, 5.74) is 4.17. The predicted molar refractivity (Wildman–Crippen MR) is 100 cm³/mol. The molecule has 1 saturated carbocycles. The summed E-state index contributed by atoms with van der Waals surface area (Å²) >= 11 is 0. The van der Waals surface area contributed by atoms with Crippen LogP contribution in [0.1, 0.15) is 85.8 Å². The summed E-state index contributed by atoms with van der Waals surface area (Å²) in [7, 11) is 0. The number of aryl methyl sites for hydroxylation is 1. The zero-order chi connectivity index (χ0) is 17.0.